The van der Waals surface area contributed by atoms with E-state index in [4.69, 9.17) is 0 Å². The normalized spacial score (nSPS) is 12.1. The molecule has 3 nitrogen and oxygen atoms in total. The van der Waals surface area contributed by atoms with Crippen molar-refractivity contribution in [1.29, 1.82) is 0 Å². The molecule has 5 heteroatoms. The van der Waals surface area contributed by atoms with Crippen molar-refractivity contribution in [1.82, 2.24) is 4.72 Å². The van der Waals surface area contributed by atoms with E-state index in [0.717, 1.165) is 3.57 Å². The fourth-order valence-electron chi connectivity index (χ4n) is 1.14. The van der Waals surface area contributed by atoms with Crippen LogP contribution in [0.5, 0.6) is 0 Å². The van der Waals surface area contributed by atoms with E-state index in [1.165, 1.54) is 0 Å². The van der Waals surface area contributed by atoms with E-state index in [-0.39, 0.29) is 0 Å². The van der Waals surface area contributed by atoms with Crippen LogP contribution in [-0.4, -0.2) is 15.0 Å². The van der Waals surface area contributed by atoms with Crippen LogP contribution in [-0.2, 0) is 10.0 Å². The van der Waals surface area contributed by atoms with Gasteiger partial charge in [0.1, 0.15) is 0 Å². The lowest BCUT2D eigenvalue weighted by molar-refractivity contribution is 0.582. The summed E-state index contributed by atoms with van der Waals surface area (Å²) in [6.45, 7) is 2.34. The van der Waals surface area contributed by atoms with E-state index in [1.54, 1.807) is 24.3 Å². The van der Waals surface area contributed by atoms with Gasteiger partial charge in [0.05, 0.1) is 4.90 Å². The fourth-order valence-corrected chi connectivity index (χ4v) is 2.55. The largest absolute Gasteiger partial charge is 0.240 e. The van der Waals surface area contributed by atoms with Crippen LogP contribution in [0.4, 0.5) is 0 Å². The van der Waals surface area contributed by atoms with Crippen LogP contribution in [0, 0.1) is 3.57 Å². The first kappa shape index (κ1) is 13.7. The summed E-state index contributed by atoms with van der Waals surface area (Å²) < 4.78 is 27.1. The van der Waals surface area contributed by atoms with Crippen LogP contribution in [0.1, 0.15) is 13.3 Å². The first-order valence-electron chi connectivity index (χ1n) is 4.92. The molecule has 0 aliphatic carbocycles. The molecule has 0 aliphatic heterocycles. The molecule has 0 spiro atoms. The molecular weight excluding hydrogens is 337 g/mol. The van der Waals surface area contributed by atoms with Crippen molar-refractivity contribution in [3.63, 3.8) is 0 Å². The number of halogens is 1. The van der Waals surface area contributed by atoms with Crippen molar-refractivity contribution in [2.45, 2.75) is 18.2 Å². The molecule has 0 saturated heterocycles. The highest BCUT2D eigenvalue weighted by Gasteiger charge is 2.11. The summed E-state index contributed by atoms with van der Waals surface area (Å²) in [4.78, 5) is 0.313. The van der Waals surface area contributed by atoms with Gasteiger partial charge in [0.2, 0.25) is 10.0 Å². The summed E-state index contributed by atoms with van der Waals surface area (Å²) in [7, 11) is -3.34. The summed E-state index contributed by atoms with van der Waals surface area (Å²) in [5, 5.41) is 0. The number of hydrogen-bond donors (Lipinski definition) is 1. The summed E-state index contributed by atoms with van der Waals surface area (Å²) in [5.41, 5.74) is 0. The summed E-state index contributed by atoms with van der Waals surface area (Å²) in [5.74, 6) is 0. The first-order valence-corrected chi connectivity index (χ1v) is 7.49. The fraction of sp³-hybridized carbons (Fsp3) is 0.273. The van der Waals surface area contributed by atoms with Gasteiger partial charge in [-0.2, -0.15) is 0 Å². The van der Waals surface area contributed by atoms with Gasteiger partial charge in [0, 0.05) is 10.1 Å². The average Bonchev–Trinajstić information content (AvgIpc) is 2.25. The van der Waals surface area contributed by atoms with Crippen molar-refractivity contribution in [3.05, 3.63) is 40.0 Å². The molecule has 0 aliphatic rings. The lowest BCUT2D eigenvalue weighted by atomic mass is 10.4. The van der Waals surface area contributed by atoms with Crippen molar-refractivity contribution in [2.75, 3.05) is 6.54 Å². The Morgan fingerprint density at radius 1 is 1.31 bits per heavy atom. The van der Waals surface area contributed by atoms with Gasteiger partial charge in [-0.15, -0.1) is 0 Å². The molecule has 0 fully saturated rings. The molecule has 0 unspecified atom stereocenters. The highest BCUT2D eigenvalue weighted by atomic mass is 127. The third-order valence-electron chi connectivity index (χ3n) is 1.96. The predicted molar refractivity (Wildman–Crippen MR) is 73.8 cm³/mol. The van der Waals surface area contributed by atoms with E-state index in [1.807, 2.05) is 19.1 Å². The minimum absolute atomic E-state index is 0.313. The molecule has 0 atom stereocenters. The maximum absolute atomic E-state index is 11.8. The second-order valence-electron chi connectivity index (χ2n) is 3.21. The Hall–Kier alpha value is -0.400. The Labute approximate surface area is 110 Å². The number of sulfonamides is 1. The van der Waals surface area contributed by atoms with Crippen LogP contribution < -0.4 is 4.72 Å². The van der Waals surface area contributed by atoms with Crippen LogP contribution in [0.25, 0.3) is 0 Å². The SMILES string of the molecule is C/C=C/CCNS(=O)(=O)c1ccc(I)cc1. The molecule has 0 radical (unpaired) electrons. The zero-order chi connectivity index (χ0) is 12.0. The first-order chi connectivity index (χ1) is 7.56. The smallest absolute Gasteiger partial charge is 0.211 e. The second kappa shape index (κ2) is 6.36. The summed E-state index contributed by atoms with van der Waals surface area (Å²) in [6.07, 6.45) is 4.54. The van der Waals surface area contributed by atoms with Gasteiger partial charge in [-0.3, -0.25) is 0 Å². The molecule has 1 aromatic rings. The standard InChI is InChI=1S/C11H14INO2S/c1-2-3-4-9-13-16(14,15)11-7-5-10(12)6-8-11/h2-3,5-8,13H,4,9H2,1H3/b3-2+. The van der Waals surface area contributed by atoms with E-state index < -0.39 is 10.0 Å². The Bertz CT molecular complexity index is 451. The van der Waals surface area contributed by atoms with Gasteiger partial charge >= 0.3 is 0 Å². The molecule has 1 rings (SSSR count). The van der Waals surface area contributed by atoms with Gasteiger partial charge in [0.15, 0.2) is 0 Å². The lowest BCUT2D eigenvalue weighted by Gasteiger charge is -2.05. The Kier molecular flexibility index (Phi) is 5.43. The highest BCUT2D eigenvalue weighted by molar-refractivity contribution is 14.1. The van der Waals surface area contributed by atoms with Gasteiger partial charge in [-0.05, 0) is 60.2 Å². The van der Waals surface area contributed by atoms with Crippen molar-refractivity contribution >= 4 is 32.6 Å². The monoisotopic (exact) mass is 351 g/mol. The van der Waals surface area contributed by atoms with Gasteiger partial charge in [0.25, 0.3) is 0 Å². The maximum Gasteiger partial charge on any atom is 0.240 e. The molecule has 0 amide bonds. The van der Waals surface area contributed by atoms with Crippen LogP contribution in [0.3, 0.4) is 0 Å². The van der Waals surface area contributed by atoms with Crippen molar-refractivity contribution < 1.29 is 8.42 Å². The molecule has 16 heavy (non-hydrogen) atoms. The molecule has 0 bridgehead atoms. The molecular formula is C11H14INO2S. The Balaban J connectivity index is 2.67. The van der Waals surface area contributed by atoms with Crippen molar-refractivity contribution in [3.8, 4) is 0 Å². The zero-order valence-corrected chi connectivity index (χ0v) is 12.0. The molecule has 1 aromatic carbocycles. The molecule has 88 valence electrons. The number of nitrogens with one attached hydrogen (secondary N) is 1. The third-order valence-corrected chi connectivity index (χ3v) is 4.16. The maximum atomic E-state index is 11.8. The van der Waals surface area contributed by atoms with Crippen LogP contribution >= 0.6 is 22.6 Å². The number of benzene rings is 1. The van der Waals surface area contributed by atoms with Gasteiger partial charge in [-0.25, -0.2) is 13.1 Å². The number of rotatable bonds is 5. The summed E-state index contributed by atoms with van der Waals surface area (Å²) in [6, 6.07) is 6.78. The quantitative estimate of drug-likeness (QED) is 0.504. The van der Waals surface area contributed by atoms with E-state index >= 15 is 0 Å². The second-order valence-corrected chi connectivity index (χ2v) is 6.22. The molecule has 0 aromatic heterocycles. The summed E-state index contributed by atoms with van der Waals surface area (Å²) >= 11 is 2.14. The highest BCUT2D eigenvalue weighted by Crippen LogP contribution is 2.11. The minimum Gasteiger partial charge on any atom is -0.211 e. The van der Waals surface area contributed by atoms with E-state index in [0.29, 0.717) is 17.9 Å². The van der Waals surface area contributed by atoms with Crippen LogP contribution in [0.15, 0.2) is 41.3 Å². The number of allylic oxidation sites excluding steroid dienone is 1. The van der Waals surface area contributed by atoms with E-state index in [9.17, 15) is 8.42 Å². The molecule has 0 saturated carbocycles. The van der Waals surface area contributed by atoms with Crippen molar-refractivity contribution in [2.24, 2.45) is 0 Å². The Morgan fingerprint density at radius 2 is 1.94 bits per heavy atom. The topological polar surface area (TPSA) is 46.2 Å². The third kappa shape index (κ3) is 4.23. The van der Waals surface area contributed by atoms with Gasteiger partial charge < -0.3 is 0 Å². The van der Waals surface area contributed by atoms with E-state index in [2.05, 4.69) is 27.3 Å². The number of hydrogen-bond acceptors (Lipinski definition) is 2. The van der Waals surface area contributed by atoms with Gasteiger partial charge in [-0.1, -0.05) is 12.2 Å². The average molecular weight is 351 g/mol. The Morgan fingerprint density at radius 3 is 2.50 bits per heavy atom. The lowest BCUT2D eigenvalue weighted by Crippen LogP contribution is -2.24. The minimum atomic E-state index is -3.34. The molecule has 1 N–H and O–H groups in total. The predicted octanol–water partition coefficient (Wildman–Crippen LogP) is 2.54. The molecule has 0 heterocycles. The van der Waals surface area contributed by atoms with Crippen LogP contribution in [0.2, 0.25) is 0 Å². The zero-order valence-electron chi connectivity index (χ0n) is 8.98.